The van der Waals surface area contributed by atoms with E-state index >= 15 is 0 Å². The topological polar surface area (TPSA) is 121 Å². The van der Waals surface area contributed by atoms with E-state index in [0.717, 1.165) is 0 Å². The Morgan fingerprint density at radius 2 is 1.96 bits per heavy atom. The van der Waals surface area contributed by atoms with Crippen molar-refractivity contribution in [2.45, 2.75) is 30.6 Å². The number of halogens is 2. The Bertz CT molecular complexity index is 1050. The quantitative estimate of drug-likeness (QED) is 0.516. The van der Waals surface area contributed by atoms with Crippen LogP contribution in [0.25, 0.3) is 11.0 Å². The van der Waals surface area contributed by atoms with E-state index in [0.29, 0.717) is 21.6 Å². The summed E-state index contributed by atoms with van der Waals surface area (Å²) < 4.78 is 7.19. The average molecular weight is 412 g/mol. The van der Waals surface area contributed by atoms with Crippen LogP contribution in [0.4, 0.5) is 0 Å². The van der Waals surface area contributed by atoms with Crippen LogP contribution in [0.5, 0.6) is 0 Å². The fourth-order valence-corrected chi connectivity index (χ4v) is 3.56. The van der Waals surface area contributed by atoms with Crippen molar-refractivity contribution in [3.05, 3.63) is 62.8 Å². The van der Waals surface area contributed by atoms with Gasteiger partial charge in [-0.15, -0.1) is 0 Å². The molecule has 0 aliphatic carbocycles. The standard InChI is InChI=1S/C17H15Cl2N3O5/c18-9-2-1-7(5-10(9)19)11(23)14-12(24)13(25)17(27-14)22-4-3-8-15(22)20-6-21-16(8)26/h1-6,11-14,17,23-25H,(H,20,21,26)/t11-,12+,13-,14-,17-/m1/s1. The molecule has 5 atom stereocenters. The number of nitrogens with one attached hydrogen (secondary N) is 1. The fraction of sp³-hybridized carbons (Fsp3) is 0.294. The summed E-state index contributed by atoms with van der Waals surface area (Å²) in [5, 5.41) is 32.4. The number of aliphatic hydroxyl groups excluding tert-OH is 3. The van der Waals surface area contributed by atoms with Crippen molar-refractivity contribution < 1.29 is 20.1 Å². The Kier molecular flexibility index (Phi) is 4.71. The first-order chi connectivity index (χ1) is 12.9. The number of aliphatic hydroxyl groups is 3. The maximum absolute atomic E-state index is 11.8. The van der Waals surface area contributed by atoms with Crippen LogP contribution in [0, 0.1) is 0 Å². The van der Waals surface area contributed by atoms with E-state index in [-0.39, 0.29) is 10.6 Å². The molecule has 3 aromatic rings. The van der Waals surface area contributed by atoms with Crippen LogP contribution >= 0.6 is 23.2 Å². The van der Waals surface area contributed by atoms with Gasteiger partial charge in [0.15, 0.2) is 6.23 Å². The average Bonchev–Trinajstić information content (AvgIpc) is 3.20. The van der Waals surface area contributed by atoms with E-state index < -0.39 is 30.6 Å². The predicted molar refractivity (Wildman–Crippen MR) is 97.7 cm³/mol. The van der Waals surface area contributed by atoms with Gasteiger partial charge in [-0.05, 0) is 23.8 Å². The molecule has 0 spiro atoms. The highest BCUT2D eigenvalue weighted by molar-refractivity contribution is 6.42. The van der Waals surface area contributed by atoms with Gasteiger partial charge in [0.2, 0.25) is 0 Å². The lowest BCUT2D eigenvalue weighted by atomic mass is 9.99. The highest BCUT2D eigenvalue weighted by atomic mass is 35.5. The summed E-state index contributed by atoms with van der Waals surface area (Å²) in [6, 6.07) is 6.08. The van der Waals surface area contributed by atoms with Crippen molar-refractivity contribution in [3.63, 3.8) is 0 Å². The first kappa shape index (κ1) is 18.4. The number of rotatable bonds is 3. The molecule has 0 unspecified atom stereocenters. The smallest absolute Gasteiger partial charge is 0.260 e. The number of nitrogens with zero attached hydrogens (tertiary/aromatic N) is 2. The molecule has 8 nitrogen and oxygen atoms in total. The third kappa shape index (κ3) is 3.04. The lowest BCUT2D eigenvalue weighted by Crippen LogP contribution is -2.34. The van der Waals surface area contributed by atoms with Crippen molar-refractivity contribution in [3.8, 4) is 0 Å². The second kappa shape index (κ2) is 6.90. The van der Waals surface area contributed by atoms with Crippen LogP contribution in [0.2, 0.25) is 10.0 Å². The molecule has 0 bridgehead atoms. The number of H-pyrrole nitrogens is 1. The fourth-order valence-electron chi connectivity index (χ4n) is 3.25. The van der Waals surface area contributed by atoms with Gasteiger partial charge in [-0.25, -0.2) is 4.98 Å². The van der Waals surface area contributed by atoms with Crippen molar-refractivity contribution >= 4 is 34.2 Å². The predicted octanol–water partition coefficient (Wildman–Crippen LogP) is 1.38. The first-order valence-electron chi connectivity index (χ1n) is 8.07. The summed E-state index contributed by atoms with van der Waals surface area (Å²) in [7, 11) is 0. The molecule has 0 amide bonds. The SMILES string of the molecule is O=c1[nH]cnc2c1ccn2[C@@H]1O[C@H]([C@H](O)c2ccc(Cl)c(Cl)c2)[C@@H](O)[C@H]1O. The number of hydrogen-bond donors (Lipinski definition) is 4. The minimum absolute atomic E-state index is 0.248. The lowest BCUT2D eigenvalue weighted by molar-refractivity contribution is -0.0848. The van der Waals surface area contributed by atoms with Gasteiger partial charge in [0.25, 0.3) is 5.56 Å². The van der Waals surface area contributed by atoms with Gasteiger partial charge in [-0.2, -0.15) is 0 Å². The van der Waals surface area contributed by atoms with Crippen molar-refractivity contribution in [2.75, 3.05) is 0 Å². The van der Waals surface area contributed by atoms with Crippen molar-refractivity contribution in [1.82, 2.24) is 14.5 Å². The van der Waals surface area contributed by atoms with Crippen molar-refractivity contribution in [2.24, 2.45) is 0 Å². The van der Waals surface area contributed by atoms with E-state index in [2.05, 4.69) is 9.97 Å². The molecular weight excluding hydrogens is 397 g/mol. The Balaban J connectivity index is 1.66. The number of ether oxygens (including phenoxy) is 1. The molecule has 1 aliphatic heterocycles. The summed E-state index contributed by atoms with van der Waals surface area (Å²) in [6.45, 7) is 0. The number of aromatic amines is 1. The van der Waals surface area contributed by atoms with Gasteiger partial charge in [0.05, 0.1) is 21.8 Å². The monoisotopic (exact) mass is 411 g/mol. The van der Waals surface area contributed by atoms with E-state index in [1.54, 1.807) is 6.07 Å². The van der Waals surface area contributed by atoms with Crippen LogP contribution in [-0.4, -0.2) is 48.2 Å². The molecule has 1 aliphatic rings. The number of benzene rings is 1. The van der Waals surface area contributed by atoms with E-state index in [1.807, 2.05) is 0 Å². The summed E-state index contributed by atoms with van der Waals surface area (Å²) in [6.07, 6.45) is -3.37. The minimum atomic E-state index is -1.38. The van der Waals surface area contributed by atoms with Gasteiger partial charge < -0.3 is 29.6 Å². The van der Waals surface area contributed by atoms with Crippen LogP contribution in [0.15, 0.2) is 41.6 Å². The Hall–Kier alpha value is -1.94. The zero-order valence-electron chi connectivity index (χ0n) is 13.7. The molecule has 1 saturated heterocycles. The number of aromatic nitrogens is 3. The molecular formula is C17H15Cl2N3O5. The second-order valence-corrected chi connectivity index (χ2v) is 7.10. The summed E-state index contributed by atoms with van der Waals surface area (Å²) in [5.41, 5.74) is 0.340. The Morgan fingerprint density at radius 1 is 1.19 bits per heavy atom. The third-order valence-electron chi connectivity index (χ3n) is 4.66. The van der Waals surface area contributed by atoms with E-state index in [4.69, 9.17) is 27.9 Å². The molecule has 10 heteroatoms. The molecule has 0 saturated carbocycles. The summed E-state index contributed by atoms with van der Waals surface area (Å²) in [5.74, 6) is 0. The van der Waals surface area contributed by atoms with Gasteiger partial charge in [0.1, 0.15) is 30.1 Å². The maximum atomic E-state index is 11.8. The molecule has 142 valence electrons. The molecule has 27 heavy (non-hydrogen) atoms. The zero-order chi connectivity index (χ0) is 19.3. The van der Waals surface area contributed by atoms with Crippen LogP contribution in [0.3, 0.4) is 0 Å². The van der Waals surface area contributed by atoms with Gasteiger partial charge in [-0.3, -0.25) is 4.79 Å². The second-order valence-electron chi connectivity index (χ2n) is 6.28. The van der Waals surface area contributed by atoms with Crippen LogP contribution in [-0.2, 0) is 4.74 Å². The first-order valence-corrected chi connectivity index (χ1v) is 8.83. The normalized spacial score (nSPS) is 26.6. The molecule has 1 fully saturated rings. The van der Waals surface area contributed by atoms with E-state index in [9.17, 15) is 20.1 Å². The summed E-state index contributed by atoms with van der Waals surface area (Å²) in [4.78, 5) is 18.4. The summed E-state index contributed by atoms with van der Waals surface area (Å²) >= 11 is 11.9. The highest BCUT2D eigenvalue weighted by Gasteiger charge is 2.47. The van der Waals surface area contributed by atoms with Crippen molar-refractivity contribution in [1.29, 1.82) is 0 Å². The molecule has 4 rings (SSSR count). The number of hydrogen-bond acceptors (Lipinski definition) is 6. The minimum Gasteiger partial charge on any atom is -0.387 e. The Morgan fingerprint density at radius 3 is 2.70 bits per heavy atom. The molecule has 0 radical (unpaired) electrons. The molecule has 4 N–H and O–H groups in total. The molecule has 2 aromatic heterocycles. The van der Waals surface area contributed by atoms with Gasteiger partial charge >= 0.3 is 0 Å². The lowest BCUT2D eigenvalue weighted by Gasteiger charge is -2.21. The van der Waals surface area contributed by atoms with E-state index in [1.165, 1.54) is 35.3 Å². The largest absolute Gasteiger partial charge is 0.387 e. The third-order valence-corrected chi connectivity index (χ3v) is 5.40. The molecule has 3 heterocycles. The maximum Gasteiger partial charge on any atom is 0.260 e. The molecule has 1 aromatic carbocycles. The highest BCUT2D eigenvalue weighted by Crippen LogP contribution is 2.38. The van der Waals surface area contributed by atoms with Gasteiger partial charge in [-0.1, -0.05) is 29.3 Å². The Labute approximate surface area is 162 Å². The van der Waals surface area contributed by atoms with Crippen LogP contribution in [0.1, 0.15) is 17.9 Å². The zero-order valence-corrected chi connectivity index (χ0v) is 15.2. The van der Waals surface area contributed by atoms with Gasteiger partial charge in [0, 0.05) is 6.20 Å². The van der Waals surface area contributed by atoms with Crippen LogP contribution < -0.4 is 5.56 Å². The number of fused-ring (bicyclic) bond motifs is 1.